The fraction of sp³-hybridized carbons (Fsp3) is 0.370. The van der Waals surface area contributed by atoms with E-state index < -0.39 is 11.6 Å². The maximum atomic E-state index is 15.3. The van der Waals surface area contributed by atoms with Crippen molar-refractivity contribution in [3.8, 4) is 17.0 Å². The van der Waals surface area contributed by atoms with E-state index in [4.69, 9.17) is 14.2 Å². The first kappa shape index (κ1) is 25.0. The van der Waals surface area contributed by atoms with E-state index in [-0.39, 0.29) is 17.8 Å². The van der Waals surface area contributed by atoms with Gasteiger partial charge in [0.05, 0.1) is 30.1 Å². The number of methoxy groups -OCH3 is 2. The van der Waals surface area contributed by atoms with Crippen LogP contribution in [-0.4, -0.2) is 59.3 Å². The van der Waals surface area contributed by atoms with Crippen molar-refractivity contribution >= 4 is 38.6 Å². The highest BCUT2D eigenvalue weighted by Gasteiger charge is 2.31. The summed E-state index contributed by atoms with van der Waals surface area (Å²) in [6.07, 6.45) is 2.19. The van der Waals surface area contributed by atoms with Crippen LogP contribution in [0.3, 0.4) is 0 Å². The molecule has 0 bridgehead atoms. The summed E-state index contributed by atoms with van der Waals surface area (Å²) in [5.41, 5.74) is 2.33. The topological polar surface area (TPSA) is 82.4 Å². The van der Waals surface area contributed by atoms with Crippen molar-refractivity contribution in [2.24, 2.45) is 0 Å². The molecule has 8 nitrogen and oxygen atoms in total. The highest BCUT2D eigenvalue weighted by molar-refractivity contribution is 7.23. The number of esters is 1. The molecule has 37 heavy (non-hydrogen) atoms. The second kappa shape index (κ2) is 9.33. The average molecular weight is 526 g/mol. The number of carbonyl (C=O) groups is 2. The van der Waals surface area contributed by atoms with Gasteiger partial charge in [0.15, 0.2) is 4.96 Å². The largest absolute Gasteiger partial charge is 0.496 e. The molecule has 1 atom stereocenters. The minimum atomic E-state index is -0.554. The summed E-state index contributed by atoms with van der Waals surface area (Å²) in [7, 11) is 2.81. The van der Waals surface area contributed by atoms with Crippen LogP contribution in [0.5, 0.6) is 5.75 Å². The zero-order chi connectivity index (χ0) is 26.5. The molecule has 3 heterocycles. The van der Waals surface area contributed by atoms with Crippen molar-refractivity contribution in [2.75, 3.05) is 27.3 Å². The fourth-order valence-electron chi connectivity index (χ4n) is 4.61. The molecule has 0 saturated carbocycles. The molecule has 1 aliphatic rings. The molecule has 194 valence electrons. The summed E-state index contributed by atoms with van der Waals surface area (Å²) in [4.78, 5) is 31.5. The number of fused-ring (bicyclic) bond motifs is 3. The first-order valence-corrected chi connectivity index (χ1v) is 12.8. The number of carbonyl (C=O) groups excluding carboxylic acids is 2. The van der Waals surface area contributed by atoms with E-state index in [1.54, 1.807) is 29.3 Å². The molecule has 0 aliphatic carbocycles. The Morgan fingerprint density at radius 3 is 2.62 bits per heavy atom. The molecular weight excluding hydrogens is 497 g/mol. The van der Waals surface area contributed by atoms with Gasteiger partial charge in [-0.25, -0.2) is 19.0 Å². The number of hydrogen-bond acceptors (Lipinski definition) is 7. The lowest BCUT2D eigenvalue weighted by atomic mass is 9.96. The zero-order valence-corrected chi connectivity index (χ0v) is 22.1. The maximum absolute atomic E-state index is 15.3. The zero-order valence-electron chi connectivity index (χ0n) is 21.3. The summed E-state index contributed by atoms with van der Waals surface area (Å²) in [5, 5.41) is 0. The van der Waals surface area contributed by atoms with E-state index in [1.165, 1.54) is 31.6 Å². The molecule has 1 saturated heterocycles. The summed E-state index contributed by atoms with van der Waals surface area (Å²) >= 11 is 1.39. The molecule has 10 heteroatoms. The third kappa shape index (κ3) is 4.73. The molecule has 1 fully saturated rings. The van der Waals surface area contributed by atoms with Crippen LogP contribution in [0.15, 0.2) is 36.5 Å². The van der Waals surface area contributed by atoms with Gasteiger partial charge in [-0.2, -0.15) is 0 Å². The van der Waals surface area contributed by atoms with Crippen LogP contribution in [0, 0.1) is 5.82 Å². The van der Waals surface area contributed by atoms with E-state index in [2.05, 4.69) is 4.98 Å². The van der Waals surface area contributed by atoms with Crippen LogP contribution in [-0.2, 0) is 9.47 Å². The van der Waals surface area contributed by atoms with Gasteiger partial charge in [-0.15, -0.1) is 0 Å². The Hall–Kier alpha value is -3.66. The highest BCUT2D eigenvalue weighted by atomic mass is 32.1. The molecule has 0 radical (unpaired) electrons. The first-order valence-electron chi connectivity index (χ1n) is 11.9. The van der Waals surface area contributed by atoms with Gasteiger partial charge in [-0.05, 0) is 51.0 Å². The molecule has 0 N–H and O–H groups in total. The average Bonchev–Trinajstić information content (AvgIpc) is 3.56. The van der Waals surface area contributed by atoms with Crippen molar-refractivity contribution in [2.45, 2.75) is 38.7 Å². The van der Waals surface area contributed by atoms with Gasteiger partial charge in [0.1, 0.15) is 22.7 Å². The number of thiazole rings is 1. The third-order valence-electron chi connectivity index (χ3n) is 6.40. The number of rotatable bonds is 4. The van der Waals surface area contributed by atoms with Crippen LogP contribution in [0.1, 0.15) is 49.0 Å². The van der Waals surface area contributed by atoms with Crippen LogP contribution in [0.25, 0.3) is 26.4 Å². The van der Waals surface area contributed by atoms with Crippen molar-refractivity contribution < 1.29 is 28.2 Å². The van der Waals surface area contributed by atoms with E-state index >= 15 is 4.39 Å². The van der Waals surface area contributed by atoms with Crippen LogP contribution in [0.2, 0.25) is 0 Å². The molecule has 5 rings (SSSR count). The number of halogens is 1. The van der Waals surface area contributed by atoms with Gasteiger partial charge in [0, 0.05) is 36.8 Å². The second-order valence-corrected chi connectivity index (χ2v) is 11.1. The standard InChI is InChI=1S/C27H28FN3O5S/c1-27(2,3)36-26(33)30-9-8-16(13-30)15-6-7-17(19(28)10-15)20-14-31-21-12-22(34-4)18(24(32)35-5)11-23(21)37-25(31)29-20/h6-7,10-12,14,16H,8-9,13H2,1-5H3. The Morgan fingerprint density at radius 1 is 1.16 bits per heavy atom. The maximum Gasteiger partial charge on any atom is 0.410 e. The summed E-state index contributed by atoms with van der Waals surface area (Å²) in [6, 6.07) is 8.66. The predicted molar refractivity (Wildman–Crippen MR) is 139 cm³/mol. The predicted octanol–water partition coefficient (Wildman–Crippen LogP) is 5.87. The normalized spacial score (nSPS) is 15.9. The van der Waals surface area contributed by atoms with Gasteiger partial charge >= 0.3 is 12.1 Å². The minimum Gasteiger partial charge on any atom is -0.496 e. The molecule has 1 amide bonds. The van der Waals surface area contributed by atoms with E-state index in [9.17, 15) is 9.59 Å². The van der Waals surface area contributed by atoms with Crippen molar-refractivity contribution in [3.63, 3.8) is 0 Å². The van der Waals surface area contributed by atoms with Gasteiger partial charge < -0.3 is 19.1 Å². The van der Waals surface area contributed by atoms with E-state index in [1.807, 2.05) is 31.2 Å². The van der Waals surface area contributed by atoms with Crippen LogP contribution < -0.4 is 4.74 Å². The molecular formula is C27H28FN3O5S. The molecule has 1 aliphatic heterocycles. The Kier molecular flexibility index (Phi) is 6.31. The second-order valence-electron chi connectivity index (χ2n) is 10.0. The van der Waals surface area contributed by atoms with E-state index in [0.29, 0.717) is 40.6 Å². The number of imidazole rings is 1. The summed E-state index contributed by atoms with van der Waals surface area (Å²) in [5.74, 6) is -0.415. The summed E-state index contributed by atoms with van der Waals surface area (Å²) < 4.78 is 33.7. The lowest BCUT2D eigenvalue weighted by Gasteiger charge is -2.24. The van der Waals surface area contributed by atoms with Gasteiger partial charge in [-0.1, -0.05) is 17.4 Å². The van der Waals surface area contributed by atoms with Gasteiger partial charge in [0.25, 0.3) is 0 Å². The van der Waals surface area contributed by atoms with Crippen molar-refractivity contribution in [3.05, 3.63) is 53.5 Å². The molecule has 0 spiro atoms. The quantitative estimate of drug-likeness (QED) is 0.310. The molecule has 1 unspecified atom stereocenters. The smallest absolute Gasteiger partial charge is 0.410 e. The van der Waals surface area contributed by atoms with Crippen molar-refractivity contribution in [1.82, 2.24) is 14.3 Å². The number of benzene rings is 2. The number of likely N-dealkylation sites (tertiary alicyclic amines) is 1. The Balaban J connectivity index is 1.40. The number of amides is 1. The SMILES string of the molecule is COC(=O)c1cc2sc3nc(-c4ccc(C5CCN(C(=O)OC(C)(C)C)C5)cc4F)cn3c2cc1OC. The Morgan fingerprint density at radius 2 is 1.95 bits per heavy atom. The van der Waals surface area contributed by atoms with Crippen LogP contribution in [0.4, 0.5) is 9.18 Å². The van der Waals surface area contributed by atoms with Crippen LogP contribution >= 0.6 is 11.3 Å². The molecule has 4 aromatic rings. The third-order valence-corrected chi connectivity index (χ3v) is 7.42. The van der Waals surface area contributed by atoms with Gasteiger partial charge in [-0.3, -0.25) is 4.40 Å². The summed E-state index contributed by atoms with van der Waals surface area (Å²) in [6.45, 7) is 6.59. The molecule has 2 aromatic heterocycles. The van der Waals surface area contributed by atoms with Crippen molar-refractivity contribution in [1.29, 1.82) is 0 Å². The monoisotopic (exact) mass is 525 g/mol. The Bertz CT molecular complexity index is 1520. The highest BCUT2D eigenvalue weighted by Crippen LogP contribution is 2.36. The Labute approximate surface area is 217 Å². The number of aromatic nitrogens is 2. The number of hydrogen-bond donors (Lipinski definition) is 0. The number of ether oxygens (including phenoxy) is 3. The fourth-order valence-corrected chi connectivity index (χ4v) is 5.64. The van der Waals surface area contributed by atoms with E-state index in [0.717, 1.165) is 22.2 Å². The lowest BCUT2D eigenvalue weighted by Crippen LogP contribution is -2.35. The minimum absolute atomic E-state index is 0.0435. The number of nitrogens with zero attached hydrogens (tertiary/aromatic N) is 3. The van der Waals surface area contributed by atoms with Gasteiger partial charge in [0.2, 0.25) is 0 Å². The first-order chi connectivity index (χ1) is 17.6. The molecule has 2 aromatic carbocycles. The lowest BCUT2D eigenvalue weighted by molar-refractivity contribution is 0.0292.